The number of hydrogen-bond donors (Lipinski definition) is 1. The molecule has 0 bridgehead atoms. The van der Waals surface area contributed by atoms with Crippen molar-refractivity contribution >= 4 is 5.69 Å². The SMILES string of the molecule is Cc1ccc2c(c1)CCCC2(CO)COc1ccc(C)cc1[N+](=O)[O-]. The Morgan fingerprint density at radius 3 is 2.64 bits per heavy atom. The van der Waals surface area contributed by atoms with E-state index in [1.54, 1.807) is 12.1 Å². The first-order chi connectivity index (χ1) is 11.9. The predicted molar refractivity (Wildman–Crippen MR) is 96.2 cm³/mol. The van der Waals surface area contributed by atoms with Gasteiger partial charge in [0.15, 0.2) is 5.75 Å². The van der Waals surface area contributed by atoms with E-state index in [0.717, 1.165) is 30.4 Å². The van der Waals surface area contributed by atoms with E-state index in [1.807, 2.05) is 13.0 Å². The second-order valence-electron chi connectivity index (χ2n) is 6.97. The second-order valence-corrected chi connectivity index (χ2v) is 6.97. The molecule has 0 spiro atoms. The van der Waals surface area contributed by atoms with E-state index in [2.05, 4.69) is 19.1 Å². The van der Waals surface area contributed by atoms with Crippen molar-refractivity contribution in [3.63, 3.8) is 0 Å². The van der Waals surface area contributed by atoms with Crippen molar-refractivity contribution in [2.24, 2.45) is 0 Å². The Morgan fingerprint density at radius 1 is 1.20 bits per heavy atom. The van der Waals surface area contributed by atoms with Crippen LogP contribution in [0.3, 0.4) is 0 Å². The van der Waals surface area contributed by atoms with Gasteiger partial charge in [-0.1, -0.05) is 29.8 Å². The molecule has 5 nitrogen and oxygen atoms in total. The molecule has 5 heteroatoms. The summed E-state index contributed by atoms with van der Waals surface area (Å²) in [5.41, 5.74) is 3.80. The van der Waals surface area contributed by atoms with Crippen LogP contribution in [0.15, 0.2) is 36.4 Å². The van der Waals surface area contributed by atoms with Gasteiger partial charge >= 0.3 is 5.69 Å². The topological polar surface area (TPSA) is 72.6 Å². The first kappa shape index (κ1) is 17.4. The molecule has 0 saturated carbocycles. The summed E-state index contributed by atoms with van der Waals surface area (Å²) < 4.78 is 5.87. The van der Waals surface area contributed by atoms with Crippen LogP contribution in [-0.2, 0) is 11.8 Å². The maximum atomic E-state index is 11.3. The summed E-state index contributed by atoms with van der Waals surface area (Å²) in [5, 5.41) is 21.4. The van der Waals surface area contributed by atoms with Crippen molar-refractivity contribution in [2.75, 3.05) is 13.2 Å². The molecule has 1 N–H and O–H groups in total. The number of hydrogen-bond acceptors (Lipinski definition) is 4. The highest BCUT2D eigenvalue weighted by Crippen LogP contribution is 2.39. The average molecular weight is 341 g/mol. The van der Waals surface area contributed by atoms with Crippen molar-refractivity contribution in [3.8, 4) is 5.75 Å². The highest BCUT2D eigenvalue weighted by atomic mass is 16.6. The molecule has 0 saturated heterocycles. The molecular weight excluding hydrogens is 318 g/mol. The molecule has 0 heterocycles. The largest absolute Gasteiger partial charge is 0.486 e. The van der Waals surface area contributed by atoms with Crippen LogP contribution in [0, 0.1) is 24.0 Å². The summed E-state index contributed by atoms with van der Waals surface area (Å²) in [6.07, 6.45) is 2.76. The monoisotopic (exact) mass is 341 g/mol. The predicted octanol–water partition coefficient (Wildman–Crippen LogP) is 3.86. The normalized spacial score (nSPS) is 19.3. The minimum absolute atomic E-state index is 0.0342. The van der Waals surface area contributed by atoms with Crippen LogP contribution in [-0.4, -0.2) is 23.2 Å². The molecule has 1 aliphatic rings. The molecule has 1 atom stereocenters. The summed E-state index contributed by atoms with van der Waals surface area (Å²) in [7, 11) is 0. The van der Waals surface area contributed by atoms with Crippen molar-refractivity contribution in [3.05, 3.63) is 68.8 Å². The molecule has 25 heavy (non-hydrogen) atoms. The molecule has 0 amide bonds. The van der Waals surface area contributed by atoms with E-state index < -0.39 is 10.3 Å². The van der Waals surface area contributed by atoms with Gasteiger partial charge in [0.2, 0.25) is 0 Å². The molecule has 1 unspecified atom stereocenters. The molecule has 0 radical (unpaired) electrons. The van der Waals surface area contributed by atoms with Gasteiger partial charge in [0.1, 0.15) is 6.61 Å². The highest BCUT2D eigenvalue weighted by molar-refractivity contribution is 5.49. The third-order valence-electron chi connectivity index (χ3n) is 5.05. The molecule has 3 rings (SSSR count). The van der Waals surface area contributed by atoms with Gasteiger partial charge in [0, 0.05) is 6.07 Å². The van der Waals surface area contributed by atoms with Crippen molar-refractivity contribution in [2.45, 2.75) is 38.5 Å². The number of rotatable bonds is 5. The first-order valence-electron chi connectivity index (χ1n) is 8.54. The lowest BCUT2D eigenvalue weighted by atomic mass is 9.70. The number of aliphatic hydroxyl groups is 1. The van der Waals surface area contributed by atoms with Crippen LogP contribution in [0.25, 0.3) is 0 Å². The molecule has 0 fully saturated rings. The number of nitrogens with zero attached hydrogens (tertiary/aromatic N) is 1. The molecule has 0 aliphatic heterocycles. The summed E-state index contributed by atoms with van der Waals surface area (Å²) in [6, 6.07) is 11.2. The van der Waals surface area contributed by atoms with Crippen molar-refractivity contribution in [1.82, 2.24) is 0 Å². The Kier molecular flexibility index (Phi) is 4.77. The fourth-order valence-electron chi connectivity index (χ4n) is 3.67. The maximum absolute atomic E-state index is 11.3. The van der Waals surface area contributed by atoms with Gasteiger partial charge in [-0.2, -0.15) is 0 Å². The van der Waals surface area contributed by atoms with Gasteiger partial charge in [0.25, 0.3) is 0 Å². The number of benzene rings is 2. The Morgan fingerprint density at radius 2 is 1.92 bits per heavy atom. The first-order valence-corrected chi connectivity index (χ1v) is 8.54. The maximum Gasteiger partial charge on any atom is 0.311 e. The van der Waals surface area contributed by atoms with E-state index in [-0.39, 0.29) is 24.7 Å². The molecule has 132 valence electrons. The summed E-state index contributed by atoms with van der Waals surface area (Å²) >= 11 is 0. The van der Waals surface area contributed by atoms with Crippen LogP contribution < -0.4 is 4.74 Å². The van der Waals surface area contributed by atoms with Crippen LogP contribution in [0.2, 0.25) is 0 Å². The smallest absolute Gasteiger partial charge is 0.311 e. The zero-order valence-electron chi connectivity index (χ0n) is 14.6. The molecule has 2 aromatic rings. The third kappa shape index (κ3) is 3.37. The number of ether oxygens (including phenoxy) is 1. The fraction of sp³-hybridized carbons (Fsp3) is 0.400. The number of aliphatic hydroxyl groups excluding tert-OH is 1. The summed E-state index contributed by atoms with van der Waals surface area (Å²) in [6.45, 7) is 4.06. The van der Waals surface area contributed by atoms with Gasteiger partial charge in [-0.05, 0) is 55.9 Å². The number of nitro benzene ring substituents is 1. The molecule has 1 aliphatic carbocycles. The molecular formula is C20H23NO4. The highest BCUT2D eigenvalue weighted by Gasteiger charge is 2.37. The van der Waals surface area contributed by atoms with Gasteiger partial charge in [-0.3, -0.25) is 10.1 Å². The summed E-state index contributed by atoms with van der Waals surface area (Å²) in [4.78, 5) is 10.9. The Hall–Kier alpha value is -2.40. The van der Waals surface area contributed by atoms with E-state index in [0.29, 0.717) is 0 Å². The fourth-order valence-corrected chi connectivity index (χ4v) is 3.67. The van der Waals surface area contributed by atoms with Gasteiger partial charge < -0.3 is 9.84 Å². The Balaban J connectivity index is 1.91. The molecule has 2 aromatic carbocycles. The minimum Gasteiger partial charge on any atom is -0.486 e. The summed E-state index contributed by atoms with van der Waals surface area (Å²) in [5.74, 6) is 0.252. The van der Waals surface area contributed by atoms with Crippen molar-refractivity contribution < 1.29 is 14.8 Å². The lowest BCUT2D eigenvalue weighted by Crippen LogP contribution is -2.40. The quantitative estimate of drug-likeness (QED) is 0.662. The van der Waals surface area contributed by atoms with E-state index in [1.165, 1.54) is 17.2 Å². The van der Waals surface area contributed by atoms with E-state index in [4.69, 9.17) is 4.74 Å². The Bertz CT molecular complexity index is 802. The van der Waals surface area contributed by atoms with Crippen LogP contribution in [0.1, 0.15) is 35.1 Å². The Labute approximate surface area is 147 Å². The minimum atomic E-state index is -0.514. The van der Waals surface area contributed by atoms with Crippen LogP contribution >= 0.6 is 0 Å². The lowest BCUT2D eigenvalue weighted by molar-refractivity contribution is -0.386. The van der Waals surface area contributed by atoms with E-state index >= 15 is 0 Å². The van der Waals surface area contributed by atoms with Gasteiger partial charge in [-0.15, -0.1) is 0 Å². The van der Waals surface area contributed by atoms with Gasteiger partial charge in [0.05, 0.1) is 16.9 Å². The number of nitro groups is 1. The standard InChI is InChI=1S/C20H23NO4/c1-14-5-7-17-16(10-14)4-3-9-20(17,12-22)13-25-19-8-6-15(2)11-18(19)21(23)24/h5-8,10-11,22H,3-4,9,12-13H2,1-2H3. The number of aryl methyl sites for hydroxylation is 3. The van der Waals surface area contributed by atoms with Crippen LogP contribution in [0.5, 0.6) is 5.75 Å². The zero-order chi connectivity index (χ0) is 18.0. The molecule has 0 aromatic heterocycles. The number of fused-ring (bicyclic) bond motifs is 1. The second kappa shape index (κ2) is 6.84. The third-order valence-corrected chi connectivity index (χ3v) is 5.05. The van der Waals surface area contributed by atoms with Crippen LogP contribution in [0.4, 0.5) is 5.69 Å². The lowest BCUT2D eigenvalue weighted by Gasteiger charge is -2.37. The average Bonchev–Trinajstić information content (AvgIpc) is 2.60. The van der Waals surface area contributed by atoms with E-state index in [9.17, 15) is 15.2 Å². The van der Waals surface area contributed by atoms with Gasteiger partial charge in [-0.25, -0.2) is 0 Å². The van der Waals surface area contributed by atoms with Crippen molar-refractivity contribution in [1.29, 1.82) is 0 Å². The zero-order valence-corrected chi connectivity index (χ0v) is 14.6.